The number of benzene rings is 4. The highest BCUT2D eigenvalue weighted by atomic mass is 35.5. The highest BCUT2D eigenvalue weighted by molar-refractivity contribution is 6.30. The second-order valence-electron chi connectivity index (χ2n) is 8.57. The predicted molar refractivity (Wildman–Crippen MR) is 140 cm³/mol. The van der Waals surface area contributed by atoms with Gasteiger partial charge in [-0.05, 0) is 54.4 Å². The molecule has 0 unspecified atom stereocenters. The van der Waals surface area contributed by atoms with E-state index < -0.39 is 6.09 Å². The summed E-state index contributed by atoms with van der Waals surface area (Å²) in [5.74, 6) is 0. The first-order chi connectivity index (χ1) is 17.1. The number of nitrogens with zero attached hydrogens (tertiary/aromatic N) is 2. The van der Waals surface area contributed by atoms with Crippen LogP contribution in [0.15, 0.2) is 109 Å². The summed E-state index contributed by atoms with van der Waals surface area (Å²) in [6, 6.07) is 35.3. The number of nitrogens with one attached hydrogen (secondary N) is 1. The van der Waals surface area contributed by atoms with Gasteiger partial charge < -0.3 is 9.74 Å². The zero-order valence-electron chi connectivity index (χ0n) is 19.3. The van der Waals surface area contributed by atoms with Crippen LogP contribution in [0, 0.1) is 6.92 Å². The Hall–Kier alpha value is -3.80. The third kappa shape index (κ3) is 5.16. The maximum atomic E-state index is 13.0. The van der Waals surface area contributed by atoms with E-state index in [2.05, 4.69) is 53.5 Å². The van der Waals surface area contributed by atoms with Crippen molar-refractivity contribution in [1.82, 2.24) is 5.06 Å². The number of carbonyl (C=O) groups excluding carboxylic acids is 1. The van der Waals surface area contributed by atoms with Gasteiger partial charge in [0, 0.05) is 22.9 Å². The average Bonchev–Trinajstić information content (AvgIpc) is 3.25. The largest absolute Gasteiger partial charge is 0.430 e. The molecular formula is C29H26ClN3O2. The molecule has 1 aliphatic rings. The number of carbonyl (C=O) groups is 1. The maximum absolute atomic E-state index is 13.0. The lowest BCUT2D eigenvalue weighted by molar-refractivity contribution is -0.134. The highest BCUT2D eigenvalue weighted by Crippen LogP contribution is 2.44. The number of hydrogen-bond acceptors (Lipinski definition) is 4. The monoisotopic (exact) mass is 483 g/mol. The van der Waals surface area contributed by atoms with Crippen LogP contribution in [0.4, 0.5) is 16.2 Å². The van der Waals surface area contributed by atoms with E-state index in [-0.39, 0.29) is 12.2 Å². The first-order valence-electron chi connectivity index (χ1n) is 11.5. The number of rotatable bonds is 5. The van der Waals surface area contributed by atoms with E-state index >= 15 is 0 Å². The van der Waals surface area contributed by atoms with Crippen molar-refractivity contribution in [3.05, 3.63) is 131 Å². The van der Waals surface area contributed by atoms with Crippen LogP contribution < -0.4 is 10.2 Å². The van der Waals surface area contributed by atoms with Crippen molar-refractivity contribution in [3.8, 4) is 0 Å². The minimum atomic E-state index is -0.540. The molecule has 6 heteroatoms. The Morgan fingerprint density at radius 3 is 2.11 bits per heavy atom. The summed E-state index contributed by atoms with van der Waals surface area (Å²) < 4.78 is 0. The van der Waals surface area contributed by atoms with Crippen molar-refractivity contribution in [2.24, 2.45) is 0 Å². The van der Waals surface area contributed by atoms with Crippen LogP contribution in [0.1, 0.15) is 28.9 Å². The predicted octanol–water partition coefficient (Wildman–Crippen LogP) is 7.37. The molecule has 1 N–H and O–H groups in total. The van der Waals surface area contributed by atoms with E-state index in [1.54, 1.807) is 5.06 Å². The fraction of sp³-hybridized carbons (Fsp3) is 0.138. The molecule has 0 bridgehead atoms. The van der Waals surface area contributed by atoms with Gasteiger partial charge in [-0.3, -0.25) is 5.32 Å². The molecule has 1 amide bonds. The van der Waals surface area contributed by atoms with Crippen molar-refractivity contribution < 1.29 is 9.63 Å². The van der Waals surface area contributed by atoms with Crippen molar-refractivity contribution in [2.75, 3.05) is 16.8 Å². The van der Waals surface area contributed by atoms with Gasteiger partial charge in [-0.15, -0.1) is 5.06 Å². The highest BCUT2D eigenvalue weighted by Gasteiger charge is 2.44. The third-order valence-corrected chi connectivity index (χ3v) is 6.39. The van der Waals surface area contributed by atoms with E-state index in [1.165, 1.54) is 5.56 Å². The van der Waals surface area contributed by atoms with Gasteiger partial charge in [0.15, 0.2) is 0 Å². The molecule has 0 spiro atoms. The third-order valence-electron chi connectivity index (χ3n) is 6.14. The van der Waals surface area contributed by atoms with Crippen molar-refractivity contribution in [2.45, 2.75) is 19.1 Å². The Morgan fingerprint density at radius 2 is 1.46 bits per heavy atom. The number of aryl methyl sites for hydroxylation is 1. The fourth-order valence-electron chi connectivity index (χ4n) is 4.42. The Balaban J connectivity index is 1.55. The molecule has 0 radical (unpaired) electrons. The molecule has 0 aromatic heterocycles. The molecule has 4 aromatic carbocycles. The molecule has 1 aliphatic heterocycles. The zero-order valence-corrected chi connectivity index (χ0v) is 20.1. The van der Waals surface area contributed by atoms with Crippen LogP contribution >= 0.6 is 11.6 Å². The second-order valence-corrected chi connectivity index (χ2v) is 9.01. The lowest BCUT2D eigenvalue weighted by atomic mass is 10.1. The molecule has 0 aliphatic carbocycles. The van der Waals surface area contributed by atoms with Gasteiger partial charge in [-0.25, -0.2) is 4.79 Å². The summed E-state index contributed by atoms with van der Waals surface area (Å²) >= 11 is 6.20. The van der Waals surface area contributed by atoms with E-state index in [0.29, 0.717) is 17.3 Å². The SMILES string of the molecule is Cc1ccc(N2C[C@@H](c3ccccc3)N(OC(=O)Nc3ccccc3)[C@@H]2c2ccc(Cl)cc2)cc1. The van der Waals surface area contributed by atoms with E-state index in [0.717, 1.165) is 16.8 Å². The first kappa shape index (κ1) is 23.0. The molecule has 35 heavy (non-hydrogen) atoms. The van der Waals surface area contributed by atoms with Gasteiger partial charge in [0.2, 0.25) is 0 Å². The Morgan fingerprint density at radius 1 is 0.829 bits per heavy atom. The van der Waals surface area contributed by atoms with Crippen LogP contribution in [0.3, 0.4) is 0 Å². The quantitative estimate of drug-likeness (QED) is 0.321. The zero-order chi connectivity index (χ0) is 24.2. The van der Waals surface area contributed by atoms with Crippen LogP contribution in [-0.2, 0) is 4.84 Å². The molecule has 1 fully saturated rings. The van der Waals surface area contributed by atoms with Crippen LogP contribution in [0.25, 0.3) is 0 Å². The number of hydrogen-bond donors (Lipinski definition) is 1. The normalized spacial score (nSPS) is 17.8. The van der Waals surface area contributed by atoms with Crippen LogP contribution in [0.5, 0.6) is 0 Å². The van der Waals surface area contributed by atoms with E-state index in [9.17, 15) is 4.79 Å². The second kappa shape index (κ2) is 10.2. The topological polar surface area (TPSA) is 44.8 Å². The van der Waals surface area contributed by atoms with Crippen molar-refractivity contribution in [3.63, 3.8) is 0 Å². The van der Waals surface area contributed by atoms with Gasteiger partial charge in [-0.1, -0.05) is 90.0 Å². The fourth-order valence-corrected chi connectivity index (χ4v) is 4.54. The smallest absolute Gasteiger partial charge is 0.348 e. The Kier molecular flexibility index (Phi) is 6.70. The molecule has 1 heterocycles. The summed E-state index contributed by atoms with van der Waals surface area (Å²) in [5, 5.41) is 5.29. The van der Waals surface area contributed by atoms with E-state index in [4.69, 9.17) is 16.4 Å². The molecular weight excluding hydrogens is 458 g/mol. The summed E-state index contributed by atoms with van der Waals surface area (Å²) in [5.41, 5.74) is 4.94. The lowest BCUT2D eigenvalue weighted by Crippen LogP contribution is -2.35. The van der Waals surface area contributed by atoms with Gasteiger partial charge in [0.25, 0.3) is 0 Å². The summed E-state index contributed by atoms with van der Waals surface area (Å²) in [6.45, 7) is 2.71. The Bertz CT molecular complexity index is 1270. The molecule has 5 rings (SSSR count). The van der Waals surface area contributed by atoms with Gasteiger partial charge in [0.05, 0.1) is 6.04 Å². The molecule has 4 aromatic rings. The maximum Gasteiger partial charge on any atom is 0.430 e. The molecule has 1 saturated heterocycles. The number of amides is 1. The van der Waals surface area contributed by atoms with Gasteiger partial charge in [0.1, 0.15) is 6.17 Å². The van der Waals surface area contributed by atoms with Gasteiger partial charge >= 0.3 is 6.09 Å². The number of anilines is 2. The molecule has 5 nitrogen and oxygen atoms in total. The van der Waals surface area contributed by atoms with Gasteiger partial charge in [-0.2, -0.15) is 0 Å². The van der Waals surface area contributed by atoms with Crippen LogP contribution in [0.2, 0.25) is 5.02 Å². The summed E-state index contributed by atoms with van der Waals surface area (Å²) in [6.07, 6.45) is -0.886. The molecule has 176 valence electrons. The number of hydroxylamine groups is 2. The van der Waals surface area contributed by atoms with E-state index in [1.807, 2.05) is 72.8 Å². The average molecular weight is 484 g/mol. The number of halogens is 1. The van der Waals surface area contributed by atoms with Crippen molar-refractivity contribution in [1.29, 1.82) is 0 Å². The molecule has 0 saturated carbocycles. The summed E-state index contributed by atoms with van der Waals surface area (Å²) in [4.78, 5) is 21.4. The molecule has 2 atom stereocenters. The van der Waals surface area contributed by atoms with Crippen molar-refractivity contribution >= 4 is 29.1 Å². The first-order valence-corrected chi connectivity index (χ1v) is 11.9. The Labute approximate surface area is 210 Å². The summed E-state index contributed by atoms with van der Waals surface area (Å²) in [7, 11) is 0. The number of para-hydroxylation sites is 1. The standard InChI is InChI=1S/C29H26ClN3O2/c1-21-12-18-26(19-13-21)32-20-27(22-8-4-2-5-9-22)33(28(32)23-14-16-24(30)17-15-23)35-29(34)31-25-10-6-3-7-11-25/h2-19,27-28H,20H2,1H3,(H,31,34)/t27-,28+/m0/s1. The minimum absolute atomic E-state index is 0.181. The van der Waals surface area contributed by atoms with Crippen LogP contribution in [-0.4, -0.2) is 17.7 Å². The minimum Gasteiger partial charge on any atom is -0.348 e. The lowest BCUT2D eigenvalue weighted by Gasteiger charge is -2.31.